The van der Waals surface area contributed by atoms with Gasteiger partial charge in [-0.05, 0) is 48.4 Å². The van der Waals surface area contributed by atoms with Crippen molar-refractivity contribution in [1.29, 1.82) is 0 Å². The monoisotopic (exact) mass is 258 g/mol. The second-order valence-corrected chi connectivity index (χ2v) is 5.11. The highest BCUT2D eigenvalue weighted by Crippen LogP contribution is 2.26. The Bertz CT molecular complexity index is 517. The molecule has 0 aromatic heterocycles. The second kappa shape index (κ2) is 5.96. The molecule has 0 aliphatic carbocycles. The van der Waals surface area contributed by atoms with E-state index in [0.717, 1.165) is 12.2 Å². The topological polar surface area (TPSA) is 9.23 Å². The zero-order valence-electron chi connectivity index (χ0n) is 11.1. The maximum atomic E-state index is 5.18. The van der Waals surface area contributed by atoms with Crippen LogP contribution in [-0.2, 0) is 6.42 Å². The fraction of sp³-hybridized carbons (Fsp3) is 0.250. The molecule has 0 atom stereocenters. The Balaban J connectivity index is 2.25. The lowest BCUT2D eigenvalue weighted by molar-refractivity contribution is 0.414. The van der Waals surface area contributed by atoms with Crippen LogP contribution in [0.1, 0.15) is 16.7 Å². The molecular weight excluding hydrogens is 240 g/mol. The van der Waals surface area contributed by atoms with Gasteiger partial charge in [-0.3, -0.25) is 0 Å². The first-order valence-electron chi connectivity index (χ1n) is 6.00. The van der Waals surface area contributed by atoms with Crippen molar-refractivity contribution >= 4 is 11.8 Å². The number of hydrogen-bond donors (Lipinski definition) is 0. The van der Waals surface area contributed by atoms with Crippen LogP contribution in [0.3, 0.4) is 0 Å². The summed E-state index contributed by atoms with van der Waals surface area (Å²) in [5, 5.41) is 0. The van der Waals surface area contributed by atoms with E-state index in [1.165, 1.54) is 21.6 Å². The van der Waals surface area contributed by atoms with Crippen LogP contribution in [0.5, 0.6) is 5.75 Å². The molecule has 0 amide bonds. The van der Waals surface area contributed by atoms with Crippen LogP contribution in [0.4, 0.5) is 0 Å². The first-order chi connectivity index (χ1) is 8.74. The van der Waals surface area contributed by atoms with Crippen molar-refractivity contribution < 1.29 is 4.74 Å². The second-order valence-electron chi connectivity index (χ2n) is 4.29. The fourth-order valence-electron chi connectivity index (χ4n) is 2.11. The van der Waals surface area contributed by atoms with Crippen molar-refractivity contribution in [1.82, 2.24) is 0 Å². The van der Waals surface area contributed by atoms with Gasteiger partial charge in [0, 0.05) is 4.90 Å². The normalized spacial score (nSPS) is 10.4. The molecule has 18 heavy (non-hydrogen) atoms. The highest BCUT2D eigenvalue weighted by molar-refractivity contribution is 7.98. The van der Waals surface area contributed by atoms with Crippen molar-refractivity contribution in [3.05, 3.63) is 59.2 Å². The number of hydrogen-bond acceptors (Lipinski definition) is 2. The van der Waals surface area contributed by atoms with Crippen LogP contribution < -0.4 is 4.74 Å². The van der Waals surface area contributed by atoms with Gasteiger partial charge in [-0.2, -0.15) is 0 Å². The van der Waals surface area contributed by atoms with Gasteiger partial charge in [0.25, 0.3) is 0 Å². The van der Waals surface area contributed by atoms with E-state index in [1.54, 1.807) is 7.11 Å². The molecule has 0 N–H and O–H groups in total. The first kappa shape index (κ1) is 13.0. The summed E-state index contributed by atoms with van der Waals surface area (Å²) in [5.74, 6) is 0.910. The van der Waals surface area contributed by atoms with Gasteiger partial charge < -0.3 is 4.74 Å². The van der Waals surface area contributed by atoms with E-state index in [9.17, 15) is 0 Å². The van der Waals surface area contributed by atoms with Crippen molar-refractivity contribution in [3.8, 4) is 5.75 Å². The summed E-state index contributed by atoms with van der Waals surface area (Å²) in [6.45, 7) is 2.17. The molecule has 2 rings (SSSR count). The highest BCUT2D eigenvalue weighted by atomic mass is 32.2. The molecule has 0 unspecified atom stereocenters. The molecule has 2 aromatic carbocycles. The van der Waals surface area contributed by atoms with Gasteiger partial charge in [-0.1, -0.05) is 30.3 Å². The van der Waals surface area contributed by atoms with Crippen LogP contribution >= 0.6 is 11.8 Å². The lowest BCUT2D eigenvalue weighted by atomic mass is 10.0. The molecule has 94 valence electrons. The lowest BCUT2D eigenvalue weighted by Gasteiger charge is -2.10. The molecular formula is C16H18OS. The van der Waals surface area contributed by atoms with Gasteiger partial charge in [0.1, 0.15) is 5.75 Å². The summed E-state index contributed by atoms with van der Waals surface area (Å²) in [6, 6.07) is 14.8. The molecule has 0 aliphatic heterocycles. The Labute approximate surface area is 113 Å². The molecule has 2 aromatic rings. The van der Waals surface area contributed by atoms with E-state index in [-0.39, 0.29) is 0 Å². The van der Waals surface area contributed by atoms with Crippen molar-refractivity contribution in [2.24, 2.45) is 0 Å². The van der Waals surface area contributed by atoms with E-state index in [4.69, 9.17) is 4.74 Å². The molecule has 0 fully saturated rings. The molecule has 0 saturated carbocycles. The number of methoxy groups -OCH3 is 1. The first-order valence-corrected chi connectivity index (χ1v) is 7.22. The van der Waals surface area contributed by atoms with E-state index in [2.05, 4.69) is 43.5 Å². The van der Waals surface area contributed by atoms with Gasteiger partial charge in [-0.25, -0.2) is 0 Å². The summed E-state index contributed by atoms with van der Waals surface area (Å²) in [5.41, 5.74) is 4.07. The van der Waals surface area contributed by atoms with Crippen LogP contribution in [0.2, 0.25) is 0 Å². The maximum absolute atomic E-state index is 5.18. The third-order valence-corrected chi connectivity index (χ3v) is 4.04. The average Bonchev–Trinajstić information content (AvgIpc) is 2.40. The lowest BCUT2D eigenvalue weighted by Crippen LogP contribution is -1.93. The maximum Gasteiger partial charge on any atom is 0.118 e. The summed E-state index contributed by atoms with van der Waals surface area (Å²) in [6.07, 6.45) is 3.11. The summed E-state index contributed by atoms with van der Waals surface area (Å²) in [4.78, 5) is 1.40. The summed E-state index contributed by atoms with van der Waals surface area (Å²) >= 11 is 1.82. The van der Waals surface area contributed by atoms with E-state index in [1.807, 2.05) is 23.9 Å². The van der Waals surface area contributed by atoms with Gasteiger partial charge in [0.2, 0.25) is 0 Å². The van der Waals surface area contributed by atoms with Crippen molar-refractivity contribution in [2.75, 3.05) is 13.4 Å². The number of benzene rings is 2. The predicted octanol–water partition coefficient (Wildman–Crippen LogP) is 4.32. The standard InChI is InChI=1S/C16H18OS/c1-12-5-4-6-14(16(12)18-3)11-13-7-9-15(17-2)10-8-13/h4-10H,11H2,1-3H3. The third kappa shape index (κ3) is 2.88. The van der Waals surface area contributed by atoms with Crippen LogP contribution in [0.25, 0.3) is 0 Å². The van der Waals surface area contributed by atoms with Crippen molar-refractivity contribution in [3.63, 3.8) is 0 Å². The Hall–Kier alpha value is -1.41. The van der Waals surface area contributed by atoms with Crippen LogP contribution in [-0.4, -0.2) is 13.4 Å². The van der Waals surface area contributed by atoms with Gasteiger partial charge >= 0.3 is 0 Å². The van der Waals surface area contributed by atoms with Gasteiger partial charge in [0.15, 0.2) is 0 Å². The smallest absolute Gasteiger partial charge is 0.118 e. The number of rotatable bonds is 4. The molecule has 0 saturated heterocycles. The molecule has 0 aliphatic rings. The molecule has 0 heterocycles. The molecule has 0 spiro atoms. The zero-order valence-corrected chi connectivity index (χ0v) is 11.9. The number of ether oxygens (including phenoxy) is 1. The molecule has 2 heteroatoms. The Kier molecular flexibility index (Phi) is 4.32. The number of aryl methyl sites for hydroxylation is 1. The van der Waals surface area contributed by atoms with Gasteiger partial charge in [0.05, 0.1) is 7.11 Å². The van der Waals surface area contributed by atoms with Gasteiger partial charge in [-0.15, -0.1) is 11.8 Å². The summed E-state index contributed by atoms with van der Waals surface area (Å²) in [7, 11) is 1.70. The SMILES string of the molecule is COc1ccc(Cc2cccc(C)c2SC)cc1. The molecule has 1 nitrogen and oxygen atoms in total. The highest BCUT2D eigenvalue weighted by Gasteiger charge is 2.05. The summed E-state index contributed by atoms with van der Waals surface area (Å²) < 4.78 is 5.18. The zero-order chi connectivity index (χ0) is 13.0. The minimum atomic E-state index is 0.910. The molecule has 0 bridgehead atoms. The third-order valence-electron chi connectivity index (χ3n) is 3.05. The Morgan fingerprint density at radius 2 is 1.78 bits per heavy atom. The Morgan fingerprint density at radius 3 is 2.39 bits per heavy atom. The van der Waals surface area contributed by atoms with E-state index >= 15 is 0 Å². The van der Waals surface area contributed by atoms with E-state index in [0.29, 0.717) is 0 Å². The van der Waals surface area contributed by atoms with Crippen molar-refractivity contribution in [2.45, 2.75) is 18.2 Å². The number of thioether (sulfide) groups is 1. The fourth-order valence-corrected chi connectivity index (χ4v) is 2.90. The minimum absolute atomic E-state index is 0.910. The largest absolute Gasteiger partial charge is 0.497 e. The quantitative estimate of drug-likeness (QED) is 0.755. The average molecular weight is 258 g/mol. The van der Waals surface area contributed by atoms with Crippen LogP contribution in [0, 0.1) is 6.92 Å². The van der Waals surface area contributed by atoms with Crippen LogP contribution in [0.15, 0.2) is 47.4 Å². The minimum Gasteiger partial charge on any atom is -0.497 e. The predicted molar refractivity (Wildman–Crippen MR) is 78.8 cm³/mol. The molecule has 0 radical (unpaired) electrons. The Morgan fingerprint density at radius 1 is 1.06 bits per heavy atom. The van der Waals surface area contributed by atoms with E-state index < -0.39 is 0 Å².